The first-order chi connectivity index (χ1) is 8.22. The molecule has 0 saturated heterocycles. The molecule has 1 aromatic carbocycles. The SMILES string of the molecule is C=C(CN)CN1CCCc2ccccc2C1=O. The first-order valence-electron chi connectivity index (χ1n) is 5.96. The number of hydrogen-bond acceptors (Lipinski definition) is 2. The fourth-order valence-electron chi connectivity index (χ4n) is 2.16. The zero-order chi connectivity index (χ0) is 12.3. The highest BCUT2D eigenvalue weighted by Crippen LogP contribution is 2.18. The third-order valence-corrected chi connectivity index (χ3v) is 3.11. The quantitative estimate of drug-likeness (QED) is 0.801. The molecular weight excluding hydrogens is 212 g/mol. The van der Waals surface area contributed by atoms with Crippen LogP contribution in [0, 0.1) is 0 Å². The second-order valence-corrected chi connectivity index (χ2v) is 4.44. The molecule has 17 heavy (non-hydrogen) atoms. The van der Waals surface area contributed by atoms with Gasteiger partial charge in [0.05, 0.1) is 0 Å². The van der Waals surface area contributed by atoms with E-state index >= 15 is 0 Å². The van der Waals surface area contributed by atoms with Crippen LogP contribution in [0.25, 0.3) is 0 Å². The number of nitrogens with two attached hydrogens (primary N) is 1. The fourth-order valence-corrected chi connectivity index (χ4v) is 2.16. The summed E-state index contributed by atoms with van der Waals surface area (Å²) in [6.07, 6.45) is 1.97. The maximum Gasteiger partial charge on any atom is 0.254 e. The molecule has 2 rings (SSSR count). The maximum atomic E-state index is 12.3. The lowest BCUT2D eigenvalue weighted by Crippen LogP contribution is -2.33. The van der Waals surface area contributed by atoms with E-state index in [-0.39, 0.29) is 5.91 Å². The van der Waals surface area contributed by atoms with Crippen molar-refractivity contribution in [1.82, 2.24) is 4.90 Å². The Morgan fingerprint density at radius 2 is 2.18 bits per heavy atom. The zero-order valence-corrected chi connectivity index (χ0v) is 9.98. The van der Waals surface area contributed by atoms with E-state index < -0.39 is 0 Å². The van der Waals surface area contributed by atoms with Gasteiger partial charge in [-0.25, -0.2) is 0 Å². The molecule has 3 nitrogen and oxygen atoms in total. The van der Waals surface area contributed by atoms with Crippen molar-refractivity contribution in [3.05, 3.63) is 47.5 Å². The van der Waals surface area contributed by atoms with Gasteiger partial charge in [-0.3, -0.25) is 4.79 Å². The number of carbonyl (C=O) groups excluding carboxylic acids is 1. The zero-order valence-electron chi connectivity index (χ0n) is 9.98. The molecule has 2 N–H and O–H groups in total. The van der Waals surface area contributed by atoms with Crippen molar-refractivity contribution in [2.75, 3.05) is 19.6 Å². The summed E-state index contributed by atoms with van der Waals surface area (Å²) >= 11 is 0. The standard InChI is InChI=1S/C14H18N2O/c1-11(9-15)10-16-8-4-6-12-5-2-3-7-13(12)14(16)17/h2-3,5,7H,1,4,6,8-10,15H2. The first kappa shape index (κ1) is 11.9. The number of benzene rings is 1. The summed E-state index contributed by atoms with van der Waals surface area (Å²) in [5.41, 5.74) is 8.41. The van der Waals surface area contributed by atoms with Gasteiger partial charge in [-0.2, -0.15) is 0 Å². The van der Waals surface area contributed by atoms with Gasteiger partial charge in [0, 0.05) is 25.2 Å². The van der Waals surface area contributed by atoms with Crippen LogP contribution in [0.4, 0.5) is 0 Å². The minimum absolute atomic E-state index is 0.104. The summed E-state index contributed by atoms with van der Waals surface area (Å²) in [5.74, 6) is 0.104. The van der Waals surface area contributed by atoms with Crippen LogP contribution in [0.5, 0.6) is 0 Å². The predicted molar refractivity (Wildman–Crippen MR) is 68.9 cm³/mol. The van der Waals surface area contributed by atoms with Crippen LogP contribution in [0.1, 0.15) is 22.3 Å². The van der Waals surface area contributed by atoms with Crippen LogP contribution in [0.2, 0.25) is 0 Å². The van der Waals surface area contributed by atoms with Crippen LogP contribution in [-0.2, 0) is 6.42 Å². The Morgan fingerprint density at radius 3 is 2.94 bits per heavy atom. The highest BCUT2D eigenvalue weighted by molar-refractivity contribution is 5.96. The van der Waals surface area contributed by atoms with Crippen molar-refractivity contribution in [2.45, 2.75) is 12.8 Å². The van der Waals surface area contributed by atoms with Gasteiger partial charge in [-0.15, -0.1) is 0 Å². The Kier molecular flexibility index (Phi) is 3.59. The molecule has 1 aromatic rings. The summed E-state index contributed by atoms with van der Waals surface area (Å²) in [6.45, 7) is 5.66. The third kappa shape index (κ3) is 2.56. The van der Waals surface area contributed by atoms with Gasteiger partial charge in [0.2, 0.25) is 0 Å². The summed E-state index contributed by atoms with van der Waals surface area (Å²) in [7, 11) is 0. The van der Waals surface area contributed by atoms with Crippen LogP contribution in [0.3, 0.4) is 0 Å². The molecule has 1 heterocycles. The van der Waals surface area contributed by atoms with Crippen molar-refractivity contribution in [3.63, 3.8) is 0 Å². The number of aryl methyl sites for hydroxylation is 1. The van der Waals surface area contributed by atoms with Gasteiger partial charge in [0.25, 0.3) is 5.91 Å². The molecule has 0 bridgehead atoms. The van der Waals surface area contributed by atoms with E-state index in [0.29, 0.717) is 13.1 Å². The average molecular weight is 230 g/mol. The molecule has 0 saturated carbocycles. The second kappa shape index (κ2) is 5.15. The molecule has 0 aromatic heterocycles. The van der Waals surface area contributed by atoms with Crippen LogP contribution >= 0.6 is 0 Å². The second-order valence-electron chi connectivity index (χ2n) is 4.44. The van der Waals surface area contributed by atoms with E-state index in [1.165, 1.54) is 0 Å². The smallest absolute Gasteiger partial charge is 0.254 e. The van der Waals surface area contributed by atoms with Crippen molar-refractivity contribution in [1.29, 1.82) is 0 Å². The Morgan fingerprint density at radius 1 is 1.41 bits per heavy atom. The topological polar surface area (TPSA) is 46.3 Å². The number of hydrogen-bond donors (Lipinski definition) is 1. The molecule has 0 fully saturated rings. The maximum absolute atomic E-state index is 12.3. The minimum atomic E-state index is 0.104. The van der Waals surface area contributed by atoms with Gasteiger partial charge in [-0.1, -0.05) is 24.8 Å². The molecule has 1 aliphatic heterocycles. The van der Waals surface area contributed by atoms with Crippen molar-refractivity contribution in [2.24, 2.45) is 5.73 Å². The lowest BCUT2D eigenvalue weighted by molar-refractivity contribution is 0.0775. The Labute approximate surface area is 102 Å². The molecule has 1 aliphatic rings. The van der Waals surface area contributed by atoms with Gasteiger partial charge in [0.15, 0.2) is 0 Å². The lowest BCUT2D eigenvalue weighted by Gasteiger charge is -2.21. The lowest BCUT2D eigenvalue weighted by atomic mass is 10.0. The third-order valence-electron chi connectivity index (χ3n) is 3.11. The summed E-state index contributed by atoms with van der Waals surface area (Å²) < 4.78 is 0. The molecule has 1 amide bonds. The largest absolute Gasteiger partial charge is 0.335 e. The summed E-state index contributed by atoms with van der Waals surface area (Å²) in [6, 6.07) is 7.84. The highest BCUT2D eigenvalue weighted by Gasteiger charge is 2.21. The van der Waals surface area contributed by atoms with Gasteiger partial charge in [0.1, 0.15) is 0 Å². The van der Waals surface area contributed by atoms with Gasteiger partial charge >= 0.3 is 0 Å². The summed E-state index contributed by atoms with van der Waals surface area (Å²) in [4.78, 5) is 14.2. The van der Waals surface area contributed by atoms with Crippen LogP contribution in [0.15, 0.2) is 36.4 Å². The van der Waals surface area contributed by atoms with Crippen LogP contribution < -0.4 is 5.73 Å². The van der Waals surface area contributed by atoms with E-state index in [9.17, 15) is 4.79 Å². The van der Waals surface area contributed by atoms with Gasteiger partial charge < -0.3 is 10.6 Å². The molecular formula is C14H18N2O. The monoisotopic (exact) mass is 230 g/mol. The molecule has 0 atom stereocenters. The van der Waals surface area contributed by atoms with Gasteiger partial charge in [-0.05, 0) is 30.0 Å². The number of fused-ring (bicyclic) bond motifs is 1. The number of nitrogens with zero attached hydrogens (tertiary/aromatic N) is 1. The average Bonchev–Trinajstić information content (AvgIpc) is 2.51. The molecule has 0 radical (unpaired) electrons. The Bertz CT molecular complexity index is 440. The van der Waals surface area contributed by atoms with Crippen molar-refractivity contribution in [3.8, 4) is 0 Å². The first-order valence-corrected chi connectivity index (χ1v) is 5.96. The molecule has 0 aliphatic carbocycles. The van der Waals surface area contributed by atoms with E-state index in [1.807, 2.05) is 29.2 Å². The number of amides is 1. The van der Waals surface area contributed by atoms with E-state index in [0.717, 1.165) is 36.1 Å². The molecule has 0 unspecified atom stereocenters. The predicted octanol–water partition coefficient (Wildman–Crippen LogP) is 1.59. The van der Waals surface area contributed by atoms with Crippen molar-refractivity contribution < 1.29 is 4.79 Å². The Balaban J connectivity index is 2.23. The number of carbonyl (C=O) groups is 1. The highest BCUT2D eigenvalue weighted by atomic mass is 16.2. The van der Waals surface area contributed by atoms with Crippen molar-refractivity contribution >= 4 is 5.91 Å². The van der Waals surface area contributed by atoms with E-state index in [1.54, 1.807) is 0 Å². The minimum Gasteiger partial charge on any atom is -0.335 e. The normalized spacial score (nSPS) is 15.4. The molecule has 3 heteroatoms. The fraction of sp³-hybridized carbons (Fsp3) is 0.357. The van der Waals surface area contributed by atoms with E-state index in [4.69, 9.17) is 5.73 Å². The number of rotatable bonds is 3. The summed E-state index contributed by atoms with van der Waals surface area (Å²) in [5, 5.41) is 0. The van der Waals surface area contributed by atoms with Crippen LogP contribution in [-0.4, -0.2) is 30.4 Å². The van der Waals surface area contributed by atoms with E-state index in [2.05, 4.69) is 6.58 Å². The molecule has 0 spiro atoms. The Hall–Kier alpha value is -1.61. The molecule has 90 valence electrons.